The fraction of sp³-hybridized carbons (Fsp3) is 0.833. The zero-order valence-corrected chi connectivity index (χ0v) is 31.6. The van der Waals surface area contributed by atoms with Gasteiger partial charge >= 0.3 is 11.9 Å². The largest absolute Gasteiger partial charge is 0.479 e. The summed E-state index contributed by atoms with van der Waals surface area (Å²) in [5.41, 5.74) is 1.54. The van der Waals surface area contributed by atoms with E-state index >= 15 is 0 Å². The summed E-state index contributed by atoms with van der Waals surface area (Å²) in [6.07, 6.45) is 13.7. The van der Waals surface area contributed by atoms with E-state index in [1.807, 2.05) is 13.8 Å². The second-order valence-corrected chi connectivity index (χ2v) is 19.2. The van der Waals surface area contributed by atoms with Crippen LogP contribution in [0.3, 0.4) is 0 Å². The first-order valence-electron chi connectivity index (χ1n) is 19.2. The monoisotopic (exact) mass is 663 g/mol. The first kappa shape index (κ1) is 35.7. The first-order valence-corrected chi connectivity index (χ1v) is 19.2. The maximum absolute atomic E-state index is 13.4. The molecule has 6 aliphatic rings. The number of esters is 2. The molecule has 0 saturated heterocycles. The molecule has 10 atom stereocenters. The molecule has 0 radical (unpaired) electrons. The Morgan fingerprint density at radius 2 is 1.65 bits per heavy atom. The van der Waals surface area contributed by atoms with Crippen molar-refractivity contribution in [3.63, 3.8) is 0 Å². The molecular weight excluding hydrogens is 598 g/mol. The molecule has 1 heterocycles. The fourth-order valence-corrected chi connectivity index (χ4v) is 13.6. The molecular formula is C42H65NO5. The molecule has 0 aromatic carbocycles. The van der Waals surface area contributed by atoms with Gasteiger partial charge < -0.3 is 14.2 Å². The quantitative estimate of drug-likeness (QED) is 0.181. The molecule has 6 heteroatoms. The summed E-state index contributed by atoms with van der Waals surface area (Å²) in [6, 6.07) is 0. The molecule has 6 nitrogen and oxygen atoms in total. The lowest BCUT2D eigenvalue weighted by atomic mass is 9.32. The molecule has 5 aliphatic carbocycles. The Morgan fingerprint density at radius 3 is 2.31 bits per heavy atom. The van der Waals surface area contributed by atoms with Gasteiger partial charge in [-0.15, -0.1) is 0 Å². The van der Waals surface area contributed by atoms with Crippen LogP contribution in [0.15, 0.2) is 29.8 Å². The second kappa shape index (κ2) is 12.3. The minimum atomic E-state index is -0.528. The number of aliphatic imine (C=N–C) groups is 1. The molecule has 268 valence electrons. The SMILES string of the molecule is C=CCOC(=O)CC(C)(C)CC(=O)O[C@H]1CC[C@@]2(C)C(CC[C@]3(C)C2CC[C@@H]2C4C(C(=C)C)CC[C@]4(C4=NCCO4)CC[C@]23C)C1(C)C. The van der Waals surface area contributed by atoms with Gasteiger partial charge in [-0.3, -0.25) is 14.6 Å². The van der Waals surface area contributed by atoms with E-state index < -0.39 is 5.41 Å². The van der Waals surface area contributed by atoms with E-state index in [0.29, 0.717) is 29.6 Å². The average Bonchev–Trinajstić information content (AvgIpc) is 3.67. The molecule has 0 spiro atoms. The molecule has 5 fully saturated rings. The van der Waals surface area contributed by atoms with Crippen molar-refractivity contribution in [2.45, 2.75) is 139 Å². The number of allylic oxidation sites excluding steroid dienone is 1. The van der Waals surface area contributed by atoms with Gasteiger partial charge in [0.15, 0.2) is 5.90 Å². The van der Waals surface area contributed by atoms with Gasteiger partial charge in [0, 0.05) is 10.8 Å². The summed E-state index contributed by atoms with van der Waals surface area (Å²) in [5, 5.41) is 0. The maximum atomic E-state index is 13.4. The Kier molecular flexibility index (Phi) is 9.14. The smallest absolute Gasteiger partial charge is 0.306 e. The van der Waals surface area contributed by atoms with Crippen molar-refractivity contribution in [1.29, 1.82) is 0 Å². The van der Waals surface area contributed by atoms with E-state index in [1.54, 1.807) is 6.08 Å². The number of ether oxygens (including phenoxy) is 3. The van der Waals surface area contributed by atoms with Crippen molar-refractivity contribution in [3.8, 4) is 0 Å². The number of hydrogen-bond donors (Lipinski definition) is 0. The summed E-state index contributed by atoms with van der Waals surface area (Å²) in [6.45, 7) is 28.8. The van der Waals surface area contributed by atoms with Crippen molar-refractivity contribution < 1.29 is 23.8 Å². The van der Waals surface area contributed by atoms with Crippen LogP contribution in [0, 0.1) is 62.1 Å². The Morgan fingerprint density at radius 1 is 0.917 bits per heavy atom. The summed E-state index contributed by atoms with van der Waals surface area (Å²) >= 11 is 0. The van der Waals surface area contributed by atoms with Crippen LogP contribution in [0.1, 0.15) is 132 Å². The van der Waals surface area contributed by atoms with Gasteiger partial charge in [0.05, 0.1) is 19.4 Å². The van der Waals surface area contributed by atoms with Crippen LogP contribution in [-0.2, 0) is 23.8 Å². The van der Waals surface area contributed by atoms with Gasteiger partial charge in [-0.1, -0.05) is 73.3 Å². The van der Waals surface area contributed by atoms with Crippen LogP contribution < -0.4 is 0 Å². The minimum Gasteiger partial charge on any atom is -0.479 e. The standard InChI is InChI=1S/C42H65NO5/c1-11-23-46-33(44)25-37(4,5)26-34(45)48-32-16-17-39(8)30(38(32,6)7)15-18-41(10)31(39)13-12-29-35-28(27(2)3)14-19-42(35,21-20-40(29,41)9)36-43-22-24-47-36/h11,28-32,35H,1-2,12-26H2,3-10H3/t28?,29-,30?,31?,32+,35?,39+,40-,41-,42+/m1/s1. The van der Waals surface area contributed by atoms with Crippen molar-refractivity contribution in [3.05, 3.63) is 24.8 Å². The summed E-state index contributed by atoms with van der Waals surface area (Å²) in [5.74, 6) is 3.53. The minimum absolute atomic E-state index is 0.0962. The fourth-order valence-electron chi connectivity index (χ4n) is 13.6. The molecule has 0 aromatic rings. The Hall–Kier alpha value is -2.11. The molecule has 6 rings (SSSR count). The molecule has 5 saturated carbocycles. The number of carbonyl (C=O) groups is 2. The molecule has 0 aromatic heterocycles. The average molecular weight is 664 g/mol. The predicted octanol–water partition coefficient (Wildman–Crippen LogP) is 9.52. The van der Waals surface area contributed by atoms with Crippen molar-refractivity contribution in [1.82, 2.24) is 0 Å². The third kappa shape index (κ3) is 5.43. The van der Waals surface area contributed by atoms with Crippen LogP contribution in [0.4, 0.5) is 0 Å². The van der Waals surface area contributed by atoms with Crippen LogP contribution in [-0.4, -0.2) is 43.7 Å². The highest BCUT2D eigenvalue weighted by Gasteiger charge is 2.72. The van der Waals surface area contributed by atoms with E-state index in [-0.39, 0.29) is 64.6 Å². The van der Waals surface area contributed by atoms with Gasteiger partial charge in [0.25, 0.3) is 0 Å². The van der Waals surface area contributed by atoms with Gasteiger partial charge in [-0.25, -0.2) is 0 Å². The lowest BCUT2D eigenvalue weighted by Gasteiger charge is -2.73. The molecule has 0 N–H and O–H groups in total. The van der Waals surface area contributed by atoms with E-state index in [0.717, 1.165) is 31.9 Å². The van der Waals surface area contributed by atoms with E-state index in [1.165, 1.54) is 56.9 Å². The van der Waals surface area contributed by atoms with E-state index in [9.17, 15) is 9.59 Å². The zero-order chi connectivity index (χ0) is 34.9. The summed E-state index contributed by atoms with van der Waals surface area (Å²) in [4.78, 5) is 30.7. The van der Waals surface area contributed by atoms with Crippen molar-refractivity contribution >= 4 is 17.8 Å². The van der Waals surface area contributed by atoms with Crippen molar-refractivity contribution in [2.24, 2.45) is 67.1 Å². The van der Waals surface area contributed by atoms with E-state index in [4.69, 9.17) is 19.2 Å². The topological polar surface area (TPSA) is 74.2 Å². The van der Waals surface area contributed by atoms with Crippen molar-refractivity contribution in [2.75, 3.05) is 19.8 Å². The van der Waals surface area contributed by atoms with Gasteiger partial charge in [0.1, 0.15) is 19.3 Å². The van der Waals surface area contributed by atoms with Crippen LogP contribution in [0.25, 0.3) is 0 Å². The molecule has 48 heavy (non-hydrogen) atoms. The van der Waals surface area contributed by atoms with E-state index in [2.05, 4.69) is 54.7 Å². The molecule has 4 unspecified atom stereocenters. The van der Waals surface area contributed by atoms with Gasteiger partial charge in [-0.05, 0) is 122 Å². The second-order valence-electron chi connectivity index (χ2n) is 19.2. The number of nitrogens with zero attached hydrogens (tertiary/aromatic N) is 1. The summed E-state index contributed by atoms with van der Waals surface area (Å²) in [7, 11) is 0. The maximum Gasteiger partial charge on any atom is 0.306 e. The van der Waals surface area contributed by atoms with Gasteiger partial charge in [0.2, 0.25) is 0 Å². The van der Waals surface area contributed by atoms with Crippen LogP contribution in [0.5, 0.6) is 0 Å². The number of carbonyl (C=O) groups excluding carboxylic acids is 2. The highest BCUT2D eigenvalue weighted by atomic mass is 16.5. The highest BCUT2D eigenvalue weighted by molar-refractivity contribution is 5.85. The van der Waals surface area contributed by atoms with Gasteiger partial charge in [-0.2, -0.15) is 0 Å². The lowest BCUT2D eigenvalue weighted by Crippen LogP contribution is -2.67. The number of rotatable bonds is 9. The third-order valence-corrected chi connectivity index (χ3v) is 15.9. The Balaban J connectivity index is 1.21. The molecule has 1 aliphatic heterocycles. The molecule has 0 bridgehead atoms. The lowest BCUT2D eigenvalue weighted by molar-refractivity contribution is -0.247. The third-order valence-electron chi connectivity index (χ3n) is 15.9. The summed E-state index contributed by atoms with van der Waals surface area (Å²) < 4.78 is 17.9. The number of fused-ring (bicyclic) bond motifs is 7. The van der Waals surface area contributed by atoms with Crippen LogP contribution in [0.2, 0.25) is 0 Å². The molecule has 0 amide bonds. The Bertz CT molecular complexity index is 1350. The van der Waals surface area contributed by atoms with Crippen LogP contribution >= 0.6 is 0 Å². The normalized spacial score (nSPS) is 43.0. The predicted molar refractivity (Wildman–Crippen MR) is 191 cm³/mol. The highest BCUT2D eigenvalue weighted by Crippen LogP contribution is 2.77. The zero-order valence-electron chi connectivity index (χ0n) is 31.6. The first-order chi connectivity index (χ1) is 22.4. The number of hydrogen-bond acceptors (Lipinski definition) is 6. The Labute approximate surface area is 291 Å².